The number of nitrogens with one attached hydrogen (secondary N) is 1. The maximum absolute atomic E-state index is 13.2. The molecule has 29 heavy (non-hydrogen) atoms. The van der Waals surface area contributed by atoms with Crippen LogP contribution in [0, 0.1) is 12.8 Å². The number of halogens is 2. The van der Waals surface area contributed by atoms with Gasteiger partial charge in [-0.15, -0.1) is 0 Å². The first-order valence-corrected chi connectivity index (χ1v) is 10.5. The average Bonchev–Trinajstić information content (AvgIpc) is 2.67. The molecule has 156 valence electrons. The summed E-state index contributed by atoms with van der Waals surface area (Å²) in [5.41, 5.74) is 2.85. The Morgan fingerprint density at radius 3 is 2.34 bits per heavy atom. The lowest BCUT2D eigenvalue weighted by Crippen LogP contribution is -2.48. The smallest absolute Gasteiger partial charge is 0.242 e. The number of amides is 2. The lowest BCUT2D eigenvalue weighted by molar-refractivity contribution is -0.140. The van der Waals surface area contributed by atoms with Gasteiger partial charge in [-0.2, -0.15) is 0 Å². The van der Waals surface area contributed by atoms with Crippen LogP contribution in [0.4, 0.5) is 0 Å². The number of hydrogen-bond acceptors (Lipinski definition) is 2. The number of carbonyl (C=O) groups excluding carboxylic acids is 2. The number of hydrogen-bond donors (Lipinski definition) is 1. The molecule has 1 atom stereocenters. The van der Waals surface area contributed by atoms with Gasteiger partial charge in [0, 0.05) is 13.1 Å². The van der Waals surface area contributed by atoms with Crippen LogP contribution in [0.2, 0.25) is 10.0 Å². The van der Waals surface area contributed by atoms with E-state index in [4.69, 9.17) is 23.2 Å². The van der Waals surface area contributed by atoms with Crippen molar-refractivity contribution in [3.8, 4) is 0 Å². The van der Waals surface area contributed by atoms with Crippen molar-refractivity contribution in [3.05, 3.63) is 69.2 Å². The van der Waals surface area contributed by atoms with E-state index < -0.39 is 6.04 Å². The van der Waals surface area contributed by atoms with Crippen LogP contribution in [-0.4, -0.2) is 29.3 Å². The summed E-state index contributed by atoms with van der Waals surface area (Å²) in [6.45, 7) is 8.77. The van der Waals surface area contributed by atoms with Crippen molar-refractivity contribution in [2.24, 2.45) is 5.92 Å². The molecule has 0 bridgehead atoms. The van der Waals surface area contributed by atoms with Crippen LogP contribution in [0.5, 0.6) is 0 Å². The van der Waals surface area contributed by atoms with Crippen molar-refractivity contribution in [2.45, 2.75) is 46.7 Å². The van der Waals surface area contributed by atoms with E-state index in [1.54, 1.807) is 30.0 Å². The highest BCUT2D eigenvalue weighted by Crippen LogP contribution is 2.23. The molecule has 0 heterocycles. The SMILES string of the molecule is Cc1ccccc1CN(C(=O)Cc1ccc(Cl)c(Cl)c1)[C@@H](C)C(=O)NCC(C)C. The average molecular weight is 435 g/mol. The summed E-state index contributed by atoms with van der Waals surface area (Å²) in [5, 5.41) is 3.78. The molecule has 0 fully saturated rings. The third kappa shape index (κ3) is 6.76. The van der Waals surface area contributed by atoms with Gasteiger partial charge in [-0.25, -0.2) is 0 Å². The zero-order valence-electron chi connectivity index (χ0n) is 17.3. The number of aryl methyl sites for hydroxylation is 1. The Bertz CT molecular complexity index is 868. The van der Waals surface area contributed by atoms with Gasteiger partial charge in [0.25, 0.3) is 0 Å². The number of benzene rings is 2. The van der Waals surface area contributed by atoms with Gasteiger partial charge in [-0.05, 0) is 48.6 Å². The van der Waals surface area contributed by atoms with Gasteiger partial charge >= 0.3 is 0 Å². The Labute approximate surface area is 183 Å². The topological polar surface area (TPSA) is 49.4 Å². The van der Waals surface area contributed by atoms with E-state index in [9.17, 15) is 9.59 Å². The predicted molar refractivity (Wildman–Crippen MR) is 119 cm³/mol. The van der Waals surface area contributed by atoms with Gasteiger partial charge in [0.1, 0.15) is 6.04 Å². The molecule has 0 aliphatic heterocycles. The second-order valence-corrected chi connectivity index (χ2v) is 8.50. The lowest BCUT2D eigenvalue weighted by atomic mass is 10.1. The molecular weight excluding hydrogens is 407 g/mol. The zero-order chi connectivity index (χ0) is 21.6. The minimum Gasteiger partial charge on any atom is -0.354 e. The molecule has 0 aliphatic rings. The Kier molecular flexibility index (Phi) is 8.54. The molecule has 2 rings (SSSR count). The lowest BCUT2D eigenvalue weighted by Gasteiger charge is -2.29. The third-order valence-electron chi connectivity index (χ3n) is 4.79. The largest absolute Gasteiger partial charge is 0.354 e. The molecule has 0 saturated heterocycles. The van der Waals surface area contributed by atoms with Gasteiger partial charge in [-0.1, -0.05) is 67.4 Å². The molecule has 2 amide bonds. The van der Waals surface area contributed by atoms with Crippen molar-refractivity contribution in [1.29, 1.82) is 0 Å². The Morgan fingerprint density at radius 1 is 1.03 bits per heavy atom. The van der Waals surface area contributed by atoms with Gasteiger partial charge < -0.3 is 10.2 Å². The summed E-state index contributed by atoms with van der Waals surface area (Å²) >= 11 is 12.1. The molecule has 6 heteroatoms. The van der Waals surface area contributed by atoms with Crippen LogP contribution in [0.3, 0.4) is 0 Å². The predicted octanol–water partition coefficient (Wildman–Crippen LogP) is 5.03. The first-order valence-electron chi connectivity index (χ1n) is 9.74. The van der Waals surface area contributed by atoms with Gasteiger partial charge in [0.15, 0.2) is 0 Å². The molecule has 0 aliphatic carbocycles. The fourth-order valence-corrected chi connectivity index (χ4v) is 3.25. The highest BCUT2D eigenvalue weighted by atomic mass is 35.5. The van der Waals surface area contributed by atoms with Crippen LogP contribution in [0.25, 0.3) is 0 Å². The monoisotopic (exact) mass is 434 g/mol. The van der Waals surface area contributed by atoms with E-state index in [0.717, 1.165) is 16.7 Å². The van der Waals surface area contributed by atoms with Crippen molar-refractivity contribution < 1.29 is 9.59 Å². The number of rotatable bonds is 8. The van der Waals surface area contributed by atoms with Crippen LogP contribution >= 0.6 is 23.2 Å². The normalized spacial score (nSPS) is 12.0. The molecule has 1 N–H and O–H groups in total. The summed E-state index contributed by atoms with van der Waals surface area (Å²) in [6, 6.07) is 12.4. The minimum atomic E-state index is -0.594. The summed E-state index contributed by atoms with van der Waals surface area (Å²) in [4.78, 5) is 27.5. The van der Waals surface area contributed by atoms with Crippen molar-refractivity contribution >= 4 is 35.0 Å². The Hall–Kier alpha value is -2.04. The van der Waals surface area contributed by atoms with Crippen LogP contribution < -0.4 is 5.32 Å². The highest BCUT2D eigenvalue weighted by Gasteiger charge is 2.26. The first kappa shape index (κ1) is 23.2. The fraction of sp³-hybridized carbons (Fsp3) is 0.391. The molecular formula is C23H28Cl2N2O2. The van der Waals surface area contributed by atoms with E-state index in [2.05, 4.69) is 5.32 Å². The van der Waals surface area contributed by atoms with Crippen LogP contribution in [0.1, 0.15) is 37.5 Å². The molecule has 0 radical (unpaired) electrons. The Balaban J connectivity index is 2.24. The van der Waals surface area contributed by atoms with Crippen molar-refractivity contribution in [3.63, 3.8) is 0 Å². The van der Waals surface area contributed by atoms with E-state index in [1.807, 2.05) is 45.0 Å². The number of carbonyl (C=O) groups is 2. The summed E-state index contributed by atoms with van der Waals surface area (Å²) in [6.07, 6.45) is 0.143. The van der Waals surface area contributed by atoms with Crippen LogP contribution in [-0.2, 0) is 22.6 Å². The second-order valence-electron chi connectivity index (χ2n) is 7.69. The molecule has 0 unspecified atom stereocenters. The Morgan fingerprint density at radius 2 is 1.72 bits per heavy atom. The summed E-state index contributed by atoms with van der Waals surface area (Å²) in [7, 11) is 0. The van der Waals surface area contributed by atoms with E-state index in [0.29, 0.717) is 29.1 Å². The highest BCUT2D eigenvalue weighted by molar-refractivity contribution is 6.42. The number of nitrogens with zero attached hydrogens (tertiary/aromatic N) is 1. The fourth-order valence-electron chi connectivity index (χ4n) is 2.93. The summed E-state index contributed by atoms with van der Waals surface area (Å²) in [5.74, 6) is 0.0384. The third-order valence-corrected chi connectivity index (χ3v) is 5.53. The quantitative estimate of drug-likeness (QED) is 0.632. The van der Waals surface area contributed by atoms with Crippen LogP contribution in [0.15, 0.2) is 42.5 Å². The standard InChI is InChI=1S/C23H28Cl2N2O2/c1-15(2)13-26-23(29)17(4)27(14-19-8-6-5-7-16(19)3)22(28)12-18-9-10-20(24)21(25)11-18/h5-11,15,17H,12-14H2,1-4H3,(H,26,29)/t17-/m0/s1. The summed E-state index contributed by atoms with van der Waals surface area (Å²) < 4.78 is 0. The van der Waals surface area contributed by atoms with E-state index in [-0.39, 0.29) is 18.2 Å². The second kappa shape index (κ2) is 10.7. The minimum absolute atomic E-state index is 0.140. The maximum atomic E-state index is 13.2. The van der Waals surface area contributed by atoms with E-state index >= 15 is 0 Å². The van der Waals surface area contributed by atoms with E-state index in [1.165, 1.54) is 0 Å². The van der Waals surface area contributed by atoms with Gasteiger partial charge in [0.05, 0.1) is 16.5 Å². The molecule has 0 spiro atoms. The van der Waals surface area contributed by atoms with Crippen molar-refractivity contribution in [2.75, 3.05) is 6.54 Å². The van der Waals surface area contributed by atoms with Gasteiger partial charge in [0.2, 0.25) is 11.8 Å². The molecule has 4 nitrogen and oxygen atoms in total. The molecule has 2 aromatic carbocycles. The van der Waals surface area contributed by atoms with Gasteiger partial charge in [-0.3, -0.25) is 9.59 Å². The molecule has 0 saturated carbocycles. The maximum Gasteiger partial charge on any atom is 0.242 e. The van der Waals surface area contributed by atoms with Crippen molar-refractivity contribution in [1.82, 2.24) is 10.2 Å². The zero-order valence-corrected chi connectivity index (χ0v) is 18.8. The first-order chi connectivity index (χ1) is 13.7. The molecule has 2 aromatic rings. The molecule has 0 aromatic heterocycles.